The van der Waals surface area contributed by atoms with E-state index in [-0.39, 0.29) is 0 Å². The number of benzene rings is 1. The minimum Gasteiger partial charge on any atom is -0.502 e. The average Bonchev–Trinajstić information content (AvgIpc) is 3.03. The molecule has 0 saturated carbocycles. The van der Waals surface area contributed by atoms with Gasteiger partial charge in [-0.1, -0.05) is 23.9 Å². The number of nitrogens with zero attached hydrogens (tertiary/aromatic N) is 2. The van der Waals surface area contributed by atoms with Gasteiger partial charge in [-0.2, -0.15) is 0 Å². The molecule has 0 aliphatic rings. The topological polar surface area (TPSA) is 98.6 Å². The van der Waals surface area contributed by atoms with Gasteiger partial charge in [0.05, 0.1) is 19.3 Å². The van der Waals surface area contributed by atoms with Crippen LogP contribution in [0.5, 0.6) is 11.5 Å². The van der Waals surface area contributed by atoms with Crippen LogP contribution in [0.15, 0.2) is 55.4 Å². The highest BCUT2D eigenvalue weighted by molar-refractivity contribution is 7.98. The van der Waals surface area contributed by atoms with E-state index in [0.29, 0.717) is 29.0 Å². The number of aromatic hydroxyl groups is 1. The first-order valence-corrected chi connectivity index (χ1v) is 8.01. The summed E-state index contributed by atoms with van der Waals surface area (Å²) in [6.07, 6.45) is 1.51. The van der Waals surface area contributed by atoms with Gasteiger partial charge in [-0.25, -0.2) is 0 Å². The molecule has 24 heavy (non-hydrogen) atoms. The summed E-state index contributed by atoms with van der Waals surface area (Å²) in [6, 6.07) is 8.85. The lowest BCUT2D eigenvalue weighted by Gasteiger charge is -2.01. The molecule has 0 aliphatic heterocycles. The molecular formula is C16H14N2O5S. The Hall–Kier alpha value is -2.74. The van der Waals surface area contributed by atoms with E-state index in [9.17, 15) is 4.79 Å². The second kappa shape index (κ2) is 7.22. The fourth-order valence-electron chi connectivity index (χ4n) is 1.98. The lowest BCUT2D eigenvalue weighted by atomic mass is 10.1. The lowest BCUT2D eigenvalue weighted by Crippen LogP contribution is -1.98. The number of thioether (sulfide) groups is 1. The van der Waals surface area contributed by atoms with Crippen molar-refractivity contribution >= 4 is 11.8 Å². The molecule has 7 nitrogen and oxygen atoms in total. The van der Waals surface area contributed by atoms with Crippen molar-refractivity contribution in [3.63, 3.8) is 0 Å². The zero-order valence-corrected chi connectivity index (χ0v) is 13.6. The molecule has 0 saturated heterocycles. The Morgan fingerprint density at radius 1 is 1.29 bits per heavy atom. The Morgan fingerprint density at radius 3 is 2.96 bits per heavy atom. The van der Waals surface area contributed by atoms with Gasteiger partial charge in [0, 0.05) is 6.07 Å². The van der Waals surface area contributed by atoms with Gasteiger partial charge >= 0.3 is 0 Å². The first kappa shape index (κ1) is 16.1. The molecule has 8 heteroatoms. The molecule has 1 N–H and O–H groups in total. The van der Waals surface area contributed by atoms with Crippen LogP contribution in [0.4, 0.5) is 0 Å². The maximum Gasteiger partial charge on any atom is 0.277 e. The zero-order chi connectivity index (χ0) is 16.9. The summed E-state index contributed by atoms with van der Waals surface area (Å²) in [5.74, 6) is 1.59. The number of rotatable bonds is 6. The van der Waals surface area contributed by atoms with E-state index in [2.05, 4.69) is 10.2 Å². The molecule has 0 radical (unpaired) electrons. The van der Waals surface area contributed by atoms with E-state index in [1.807, 2.05) is 24.3 Å². The van der Waals surface area contributed by atoms with Crippen LogP contribution >= 0.6 is 11.8 Å². The predicted molar refractivity (Wildman–Crippen MR) is 86.3 cm³/mol. The first-order chi connectivity index (χ1) is 11.6. The molecule has 3 rings (SSSR count). The smallest absolute Gasteiger partial charge is 0.277 e. The highest BCUT2D eigenvalue weighted by atomic mass is 32.2. The molecule has 1 aromatic carbocycles. The number of hydrogen-bond acceptors (Lipinski definition) is 8. The number of hydrogen-bond donors (Lipinski definition) is 1. The van der Waals surface area contributed by atoms with Gasteiger partial charge in [-0.3, -0.25) is 4.79 Å². The Kier molecular flexibility index (Phi) is 4.85. The Labute approximate surface area is 141 Å². The SMILES string of the molecule is COc1cccc(Cc2nnc(SCc3cc(=O)c(O)co3)o2)c1. The third kappa shape index (κ3) is 3.96. The summed E-state index contributed by atoms with van der Waals surface area (Å²) in [5.41, 5.74) is 0.514. The quantitative estimate of drug-likeness (QED) is 0.680. The van der Waals surface area contributed by atoms with Gasteiger partial charge in [-0.15, -0.1) is 10.2 Å². The summed E-state index contributed by atoms with van der Waals surface area (Å²) >= 11 is 1.25. The van der Waals surface area contributed by atoms with E-state index < -0.39 is 11.2 Å². The zero-order valence-electron chi connectivity index (χ0n) is 12.8. The second-order valence-corrected chi connectivity index (χ2v) is 5.80. The largest absolute Gasteiger partial charge is 0.502 e. The third-order valence-electron chi connectivity index (χ3n) is 3.14. The van der Waals surface area contributed by atoms with Crippen LogP contribution in [0.1, 0.15) is 17.2 Å². The Morgan fingerprint density at radius 2 is 2.17 bits per heavy atom. The molecule has 2 heterocycles. The van der Waals surface area contributed by atoms with E-state index in [0.717, 1.165) is 17.6 Å². The van der Waals surface area contributed by atoms with Crippen LogP contribution in [0.2, 0.25) is 0 Å². The van der Waals surface area contributed by atoms with E-state index in [1.54, 1.807) is 7.11 Å². The normalized spacial score (nSPS) is 10.7. The molecule has 0 aliphatic carbocycles. The molecule has 0 atom stereocenters. The van der Waals surface area contributed by atoms with Crippen molar-refractivity contribution in [2.75, 3.05) is 7.11 Å². The summed E-state index contributed by atoms with van der Waals surface area (Å²) in [7, 11) is 1.61. The maximum atomic E-state index is 11.3. The predicted octanol–water partition coefficient (Wildman–Crippen LogP) is 2.62. The van der Waals surface area contributed by atoms with Crippen molar-refractivity contribution in [1.29, 1.82) is 0 Å². The van der Waals surface area contributed by atoms with Crippen LogP contribution < -0.4 is 10.2 Å². The average molecular weight is 346 g/mol. The van der Waals surface area contributed by atoms with Crippen LogP contribution in [0.3, 0.4) is 0 Å². The maximum absolute atomic E-state index is 11.3. The molecule has 0 spiro atoms. The molecular weight excluding hydrogens is 332 g/mol. The minimum absolute atomic E-state index is 0.344. The first-order valence-electron chi connectivity index (χ1n) is 7.03. The van der Waals surface area contributed by atoms with Crippen molar-refractivity contribution in [3.8, 4) is 11.5 Å². The van der Waals surface area contributed by atoms with E-state index in [4.69, 9.17) is 18.7 Å². The fraction of sp³-hybridized carbons (Fsp3) is 0.188. The van der Waals surface area contributed by atoms with Crippen LogP contribution in [-0.4, -0.2) is 22.4 Å². The van der Waals surface area contributed by atoms with Gasteiger partial charge < -0.3 is 18.7 Å². The highest BCUT2D eigenvalue weighted by Gasteiger charge is 2.10. The van der Waals surface area contributed by atoms with Crippen LogP contribution in [0, 0.1) is 0 Å². The molecule has 0 fully saturated rings. The molecule has 0 unspecified atom stereocenters. The molecule has 3 aromatic rings. The van der Waals surface area contributed by atoms with E-state index >= 15 is 0 Å². The molecule has 0 amide bonds. The van der Waals surface area contributed by atoms with Crippen molar-refractivity contribution < 1.29 is 18.7 Å². The number of aromatic nitrogens is 2. The van der Waals surface area contributed by atoms with Crippen molar-refractivity contribution in [2.45, 2.75) is 17.4 Å². The summed E-state index contributed by atoms with van der Waals surface area (Å²) < 4.78 is 15.9. The standard InChI is InChI=1S/C16H14N2O5S/c1-21-11-4-2-3-10(5-11)6-15-17-18-16(23-15)24-9-12-7-13(19)14(20)8-22-12/h2-5,7-8,20H,6,9H2,1H3. The number of methoxy groups -OCH3 is 1. The molecule has 0 bridgehead atoms. The Balaban J connectivity index is 1.62. The van der Waals surface area contributed by atoms with Gasteiger partial charge in [0.15, 0.2) is 5.75 Å². The monoisotopic (exact) mass is 346 g/mol. The van der Waals surface area contributed by atoms with Crippen molar-refractivity contribution in [3.05, 3.63) is 64.0 Å². The van der Waals surface area contributed by atoms with E-state index in [1.165, 1.54) is 17.8 Å². The van der Waals surface area contributed by atoms with Crippen molar-refractivity contribution in [2.24, 2.45) is 0 Å². The Bertz CT molecular complexity index is 890. The minimum atomic E-state index is -0.485. The summed E-state index contributed by atoms with van der Waals surface area (Å²) in [6.45, 7) is 0. The fourth-order valence-corrected chi connectivity index (χ4v) is 2.65. The second-order valence-electron chi connectivity index (χ2n) is 4.87. The van der Waals surface area contributed by atoms with Crippen LogP contribution in [-0.2, 0) is 12.2 Å². The molecule has 124 valence electrons. The van der Waals surface area contributed by atoms with Crippen LogP contribution in [0.25, 0.3) is 0 Å². The van der Waals surface area contributed by atoms with Gasteiger partial charge in [0.2, 0.25) is 11.3 Å². The number of ether oxygens (including phenoxy) is 1. The third-order valence-corrected chi connectivity index (χ3v) is 3.98. The van der Waals surface area contributed by atoms with Crippen molar-refractivity contribution in [1.82, 2.24) is 10.2 Å². The summed E-state index contributed by atoms with van der Waals surface area (Å²) in [5, 5.41) is 17.5. The van der Waals surface area contributed by atoms with Gasteiger partial charge in [-0.05, 0) is 17.7 Å². The summed E-state index contributed by atoms with van der Waals surface area (Å²) in [4.78, 5) is 11.3. The molecule has 2 aromatic heterocycles. The van der Waals surface area contributed by atoms with Gasteiger partial charge in [0.1, 0.15) is 17.8 Å². The lowest BCUT2D eigenvalue weighted by molar-refractivity contribution is 0.411. The van der Waals surface area contributed by atoms with Gasteiger partial charge in [0.25, 0.3) is 5.22 Å². The highest BCUT2D eigenvalue weighted by Crippen LogP contribution is 2.23.